The van der Waals surface area contributed by atoms with E-state index in [9.17, 15) is 0 Å². The van der Waals surface area contributed by atoms with E-state index in [0.29, 0.717) is 0 Å². The minimum Gasteiger partial charge on any atom is -0.305 e. The third kappa shape index (κ3) is 8.30. The van der Waals surface area contributed by atoms with Crippen LogP contribution in [0.3, 0.4) is 0 Å². The minimum atomic E-state index is -1.35. The van der Waals surface area contributed by atoms with Gasteiger partial charge in [0.2, 0.25) is 0 Å². The first-order chi connectivity index (χ1) is 20.7. The van der Waals surface area contributed by atoms with E-state index in [-0.39, 0.29) is 20.1 Å². The van der Waals surface area contributed by atoms with Gasteiger partial charge in [-0.3, -0.25) is 0 Å². The SMILES string of the molecule is C[Si](C)(C)c1cnc(-c2[c-]cccc2)cc1CC1CCCC1.Cc1cnc(-c2[c-]cccc2)cc1-c1c(C)cccc1C.[Ir]. The summed E-state index contributed by atoms with van der Waals surface area (Å²) in [5, 5.41) is 1.54. The third-order valence-electron chi connectivity index (χ3n) is 8.60. The molecule has 0 bridgehead atoms. The van der Waals surface area contributed by atoms with Crippen molar-refractivity contribution in [3.8, 4) is 33.6 Å². The molecule has 44 heavy (non-hydrogen) atoms. The zero-order valence-electron chi connectivity index (χ0n) is 27.0. The first kappa shape index (κ1) is 33.7. The average molecular weight is 773 g/mol. The van der Waals surface area contributed by atoms with Gasteiger partial charge in [-0.1, -0.05) is 81.2 Å². The molecule has 2 aromatic heterocycles. The molecule has 6 rings (SSSR count). The summed E-state index contributed by atoms with van der Waals surface area (Å²) in [6, 6.07) is 33.6. The average Bonchev–Trinajstić information content (AvgIpc) is 3.52. The fourth-order valence-corrected chi connectivity index (χ4v) is 7.89. The Balaban J connectivity index is 0.000000197. The summed E-state index contributed by atoms with van der Waals surface area (Å²) in [6.45, 7) is 13.7. The standard InChI is InChI=1S/C20H26NSi.C20H18N.Ir/c1-22(2,3)20-15-21-19(17-11-5-4-6-12-17)14-18(20)13-16-9-7-8-10-16;1-14-8-7-9-15(2)20(14)18-12-19(21-13-16(18)3)17-10-5-4-6-11-17;/h4-6,11,14-16H,7-10,13H2,1-3H3;4-10,12-13H,1-3H3;/q2*-1;. The van der Waals surface area contributed by atoms with Gasteiger partial charge in [-0.15, -0.1) is 71.8 Å². The third-order valence-corrected chi connectivity index (χ3v) is 10.7. The Morgan fingerprint density at radius 1 is 0.705 bits per heavy atom. The van der Waals surface area contributed by atoms with Crippen LogP contribution in [0.4, 0.5) is 0 Å². The molecule has 1 aliphatic carbocycles. The Morgan fingerprint density at radius 2 is 1.27 bits per heavy atom. The largest absolute Gasteiger partial charge is 0.305 e. The molecule has 0 aliphatic heterocycles. The topological polar surface area (TPSA) is 25.8 Å². The predicted octanol–water partition coefficient (Wildman–Crippen LogP) is 9.97. The van der Waals surface area contributed by atoms with Crippen molar-refractivity contribution in [1.82, 2.24) is 9.97 Å². The van der Waals surface area contributed by atoms with Gasteiger partial charge in [0.05, 0.1) is 8.07 Å². The molecule has 229 valence electrons. The fourth-order valence-electron chi connectivity index (χ4n) is 6.30. The van der Waals surface area contributed by atoms with Crippen molar-refractivity contribution in [2.24, 2.45) is 5.92 Å². The molecule has 1 aliphatic rings. The van der Waals surface area contributed by atoms with Crippen LogP contribution in [0, 0.1) is 38.8 Å². The van der Waals surface area contributed by atoms with Crippen LogP contribution in [0.1, 0.15) is 47.9 Å². The van der Waals surface area contributed by atoms with E-state index in [1.165, 1.54) is 59.9 Å². The molecule has 4 heteroatoms. The van der Waals surface area contributed by atoms with Gasteiger partial charge in [0.15, 0.2) is 0 Å². The molecule has 1 saturated carbocycles. The van der Waals surface area contributed by atoms with Crippen molar-refractivity contribution >= 4 is 13.3 Å². The van der Waals surface area contributed by atoms with Gasteiger partial charge in [0, 0.05) is 32.5 Å². The normalized spacial score (nSPS) is 13.1. The first-order valence-corrected chi connectivity index (χ1v) is 19.2. The molecule has 1 fully saturated rings. The summed E-state index contributed by atoms with van der Waals surface area (Å²) in [5.41, 5.74) is 12.1. The molecule has 0 atom stereocenters. The molecule has 0 N–H and O–H groups in total. The molecular formula is C40H44IrN2Si-2. The molecular weight excluding hydrogens is 729 g/mol. The van der Waals surface area contributed by atoms with Gasteiger partial charge in [0.1, 0.15) is 0 Å². The van der Waals surface area contributed by atoms with Crippen molar-refractivity contribution in [1.29, 1.82) is 0 Å². The maximum absolute atomic E-state index is 4.75. The number of hydrogen-bond donors (Lipinski definition) is 0. The second-order valence-corrected chi connectivity index (χ2v) is 18.1. The van der Waals surface area contributed by atoms with Crippen molar-refractivity contribution in [3.05, 3.63) is 126 Å². The number of nitrogens with zero attached hydrogens (tertiary/aromatic N) is 2. The summed E-state index contributed by atoms with van der Waals surface area (Å²) in [6.07, 6.45) is 11.0. The maximum atomic E-state index is 4.75. The number of hydrogen-bond acceptors (Lipinski definition) is 2. The van der Waals surface area contributed by atoms with Crippen LogP contribution in [0.25, 0.3) is 33.6 Å². The Hall–Kier alpha value is -3.17. The molecule has 5 aromatic rings. The first-order valence-electron chi connectivity index (χ1n) is 15.7. The number of aromatic nitrogens is 2. The summed E-state index contributed by atoms with van der Waals surface area (Å²) in [4.78, 5) is 9.32. The minimum absolute atomic E-state index is 0. The van der Waals surface area contributed by atoms with E-state index in [4.69, 9.17) is 4.98 Å². The van der Waals surface area contributed by atoms with Gasteiger partial charge in [-0.25, -0.2) is 0 Å². The number of pyridine rings is 2. The quantitative estimate of drug-likeness (QED) is 0.127. The van der Waals surface area contributed by atoms with E-state index in [0.717, 1.165) is 28.4 Å². The molecule has 0 spiro atoms. The molecule has 0 unspecified atom stereocenters. The fraction of sp³-hybridized carbons (Fsp3) is 0.300. The summed E-state index contributed by atoms with van der Waals surface area (Å²) in [7, 11) is -1.35. The van der Waals surface area contributed by atoms with E-state index in [1.54, 1.807) is 10.8 Å². The second kappa shape index (κ2) is 15.2. The Morgan fingerprint density at radius 3 is 1.82 bits per heavy atom. The Labute approximate surface area is 279 Å². The van der Waals surface area contributed by atoms with Crippen molar-refractivity contribution in [2.75, 3.05) is 0 Å². The number of benzene rings is 3. The predicted molar refractivity (Wildman–Crippen MR) is 185 cm³/mol. The summed E-state index contributed by atoms with van der Waals surface area (Å²) >= 11 is 0. The zero-order valence-corrected chi connectivity index (χ0v) is 30.4. The van der Waals surface area contributed by atoms with E-state index in [2.05, 4.69) is 106 Å². The second-order valence-electron chi connectivity index (χ2n) is 13.0. The van der Waals surface area contributed by atoms with E-state index >= 15 is 0 Å². The molecule has 3 aromatic carbocycles. The molecule has 2 nitrogen and oxygen atoms in total. The monoisotopic (exact) mass is 773 g/mol. The van der Waals surface area contributed by atoms with Gasteiger partial charge in [-0.05, 0) is 77.5 Å². The van der Waals surface area contributed by atoms with Crippen molar-refractivity contribution < 1.29 is 20.1 Å². The molecule has 2 heterocycles. The van der Waals surface area contributed by atoms with E-state index < -0.39 is 8.07 Å². The number of rotatable bonds is 6. The molecule has 1 radical (unpaired) electrons. The van der Waals surface area contributed by atoms with Crippen LogP contribution in [0.15, 0.2) is 91.3 Å². The van der Waals surface area contributed by atoms with Gasteiger partial charge < -0.3 is 9.97 Å². The van der Waals surface area contributed by atoms with E-state index in [1.807, 2.05) is 42.6 Å². The van der Waals surface area contributed by atoms with Gasteiger partial charge in [0.25, 0.3) is 0 Å². The van der Waals surface area contributed by atoms with Crippen LogP contribution in [-0.2, 0) is 26.5 Å². The zero-order chi connectivity index (χ0) is 30.4. The Kier molecular flexibility index (Phi) is 11.7. The van der Waals surface area contributed by atoms with Crippen LogP contribution in [0.2, 0.25) is 19.6 Å². The van der Waals surface area contributed by atoms with Gasteiger partial charge >= 0.3 is 0 Å². The van der Waals surface area contributed by atoms with Crippen LogP contribution in [-0.4, -0.2) is 18.0 Å². The van der Waals surface area contributed by atoms with Crippen LogP contribution >= 0.6 is 0 Å². The summed E-state index contributed by atoms with van der Waals surface area (Å²) < 4.78 is 0. The smallest absolute Gasteiger partial charge is 0.0798 e. The Bertz CT molecular complexity index is 1630. The number of aryl methyl sites for hydroxylation is 3. The maximum Gasteiger partial charge on any atom is 0.0798 e. The summed E-state index contributed by atoms with van der Waals surface area (Å²) in [5.74, 6) is 0.880. The van der Waals surface area contributed by atoms with Crippen LogP contribution < -0.4 is 5.19 Å². The van der Waals surface area contributed by atoms with Gasteiger partial charge in [-0.2, -0.15) is 0 Å². The molecule has 0 saturated heterocycles. The molecule has 0 amide bonds. The van der Waals surface area contributed by atoms with Crippen molar-refractivity contribution in [2.45, 2.75) is 72.5 Å². The van der Waals surface area contributed by atoms with Crippen molar-refractivity contribution in [3.63, 3.8) is 0 Å². The van der Waals surface area contributed by atoms with Crippen LogP contribution in [0.5, 0.6) is 0 Å².